The number of aryl methyl sites for hydroxylation is 1. The van der Waals surface area contributed by atoms with Crippen molar-refractivity contribution >= 4 is 11.4 Å². The number of hydrogen-bond donors (Lipinski definition) is 0. The lowest BCUT2D eigenvalue weighted by atomic mass is 10.3. The van der Waals surface area contributed by atoms with Gasteiger partial charge in [0.15, 0.2) is 5.82 Å². The zero-order valence-electron chi connectivity index (χ0n) is 10.7. The topological polar surface area (TPSA) is 47.4 Å². The molecule has 0 spiro atoms. The van der Waals surface area contributed by atoms with Crippen molar-refractivity contribution in [2.45, 2.75) is 13.8 Å². The Morgan fingerprint density at radius 3 is 2.50 bits per heavy atom. The molecule has 0 N–H and O–H groups in total. The number of hydrogen-bond acceptors (Lipinski definition) is 4. The van der Waals surface area contributed by atoms with Gasteiger partial charge in [-0.25, -0.2) is 15.0 Å². The van der Waals surface area contributed by atoms with Crippen LogP contribution in [0.4, 0.5) is 5.69 Å². The number of methoxy groups -OCH3 is 1. The normalized spacial score (nSPS) is 11.4. The van der Waals surface area contributed by atoms with E-state index in [9.17, 15) is 0 Å². The van der Waals surface area contributed by atoms with Gasteiger partial charge in [0, 0.05) is 12.4 Å². The number of aromatic nitrogens is 2. The zero-order chi connectivity index (χ0) is 13.0. The van der Waals surface area contributed by atoms with E-state index in [4.69, 9.17) is 4.74 Å². The predicted octanol–water partition coefficient (Wildman–Crippen LogP) is 2.93. The Bertz CT molecular complexity index is 562. The van der Waals surface area contributed by atoms with Crippen molar-refractivity contribution in [3.8, 4) is 5.75 Å². The summed E-state index contributed by atoms with van der Waals surface area (Å²) in [7, 11) is 1.63. The molecule has 1 heterocycles. The molecule has 0 atom stereocenters. The smallest absolute Gasteiger partial charge is 0.173 e. The predicted molar refractivity (Wildman–Crippen MR) is 71.6 cm³/mol. The molecule has 4 nitrogen and oxygen atoms in total. The Balaban J connectivity index is 2.35. The van der Waals surface area contributed by atoms with Gasteiger partial charge in [0.25, 0.3) is 0 Å². The van der Waals surface area contributed by atoms with Gasteiger partial charge in [-0.3, -0.25) is 0 Å². The molecule has 1 aromatic carbocycles. The number of rotatable bonds is 3. The minimum Gasteiger partial charge on any atom is -0.494 e. The second-order valence-electron chi connectivity index (χ2n) is 3.95. The van der Waals surface area contributed by atoms with Gasteiger partial charge in [-0.05, 0) is 31.5 Å². The quantitative estimate of drug-likeness (QED) is 0.776. The molecule has 0 bridgehead atoms. The average molecular weight is 241 g/mol. The second kappa shape index (κ2) is 5.40. The average Bonchev–Trinajstić information content (AvgIpc) is 2.40. The van der Waals surface area contributed by atoms with E-state index in [1.165, 1.54) is 0 Å². The third-order valence-corrected chi connectivity index (χ3v) is 2.48. The van der Waals surface area contributed by atoms with Crippen LogP contribution in [0.2, 0.25) is 0 Å². The van der Waals surface area contributed by atoms with Crippen LogP contribution >= 0.6 is 0 Å². The Morgan fingerprint density at radius 1 is 1.17 bits per heavy atom. The molecule has 0 aliphatic heterocycles. The number of nitrogens with zero attached hydrogens (tertiary/aromatic N) is 3. The molecule has 0 radical (unpaired) electrons. The minimum atomic E-state index is 0.631. The van der Waals surface area contributed by atoms with E-state index < -0.39 is 0 Å². The number of ether oxygens (including phenoxy) is 1. The van der Waals surface area contributed by atoms with Gasteiger partial charge in [-0.2, -0.15) is 0 Å². The maximum atomic E-state index is 5.25. The van der Waals surface area contributed by atoms with Gasteiger partial charge in [0.05, 0.1) is 12.8 Å². The fraction of sp³-hybridized carbons (Fsp3) is 0.214. The number of benzene rings is 1. The van der Waals surface area contributed by atoms with E-state index in [0.717, 1.165) is 22.7 Å². The SMILES string of the molecule is COc1ccccc1N=C(C)c1ncc(C)cn1. The summed E-state index contributed by atoms with van der Waals surface area (Å²) in [6, 6.07) is 7.61. The van der Waals surface area contributed by atoms with Crippen LogP contribution in [-0.4, -0.2) is 22.8 Å². The van der Waals surface area contributed by atoms with Gasteiger partial charge in [0.1, 0.15) is 11.4 Å². The van der Waals surface area contributed by atoms with Crippen LogP contribution in [0.25, 0.3) is 0 Å². The molecule has 0 saturated heterocycles. The van der Waals surface area contributed by atoms with E-state index in [2.05, 4.69) is 15.0 Å². The molecular formula is C14H15N3O. The lowest BCUT2D eigenvalue weighted by Gasteiger charge is -2.05. The fourth-order valence-corrected chi connectivity index (χ4v) is 1.53. The van der Waals surface area contributed by atoms with Crippen molar-refractivity contribution in [3.05, 3.63) is 48.0 Å². The van der Waals surface area contributed by atoms with Gasteiger partial charge in [-0.15, -0.1) is 0 Å². The Kier molecular flexibility index (Phi) is 3.67. The van der Waals surface area contributed by atoms with Crippen molar-refractivity contribution in [2.75, 3.05) is 7.11 Å². The highest BCUT2D eigenvalue weighted by Crippen LogP contribution is 2.26. The lowest BCUT2D eigenvalue weighted by molar-refractivity contribution is 0.416. The van der Waals surface area contributed by atoms with Crippen LogP contribution in [0, 0.1) is 6.92 Å². The zero-order valence-corrected chi connectivity index (χ0v) is 10.7. The van der Waals surface area contributed by atoms with Crippen LogP contribution < -0.4 is 4.74 Å². The highest BCUT2D eigenvalue weighted by Gasteiger charge is 2.04. The van der Waals surface area contributed by atoms with Crippen molar-refractivity contribution in [2.24, 2.45) is 4.99 Å². The highest BCUT2D eigenvalue weighted by atomic mass is 16.5. The Morgan fingerprint density at radius 2 is 1.83 bits per heavy atom. The van der Waals surface area contributed by atoms with E-state index in [0.29, 0.717) is 5.82 Å². The maximum absolute atomic E-state index is 5.25. The minimum absolute atomic E-state index is 0.631. The first-order valence-corrected chi connectivity index (χ1v) is 5.68. The molecule has 2 rings (SSSR count). The van der Waals surface area contributed by atoms with Crippen LogP contribution in [-0.2, 0) is 0 Å². The molecule has 4 heteroatoms. The summed E-state index contributed by atoms with van der Waals surface area (Å²) in [4.78, 5) is 13.0. The summed E-state index contributed by atoms with van der Waals surface area (Å²) < 4.78 is 5.25. The molecule has 2 aromatic rings. The van der Waals surface area contributed by atoms with Crippen molar-refractivity contribution < 1.29 is 4.74 Å². The molecule has 0 saturated carbocycles. The summed E-state index contributed by atoms with van der Waals surface area (Å²) in [5.74, 6) is 1.37. The standard InChI is InChI=1S/C14H15N3O/c1-10-8-15-14(16-9-10)11(2)17-12-6-4-5-7-13(12)18-3/h4-9H,1-3H3. The largest absolute Gasteiger partial charge is 0.494 e. The van der Waals surface area contributed by atoms with Crippen LogP contribution in [0.3, 0.4) is 0 Å². The van der Waals surface area contributed by atoms with Crippen LogP contribution in [0.1, 0.15) is 18.3 Å². The second-order valence-corrected chi connectivity index (χ2v) is 3.95. The molecule has 92 valence electrons. The Labute approximate surface area is 106 Å². The first-order valence-electron chi connectivity index (χ1n) is 5.68. The van der Waals surface area contributed by atoms with E-state index in [1.54, 1.807) is 19.5 Å². The van der Waals surface area contributed by atoms with Crippen molar-refractivity contribution in [1.29, 1.82) is 0 Å². The third-order valence-electron chi connectivity index (χ3n) is 2.48. The first kappa shape index (κ1) is 12.2. The Hall–Kier alpha value is -2.23. The molecule has 0 aliphatic carbocycles. The van der Waals surface area contributed by atoms with Gasteiger partial charge < -0.3 is 4.74 Å². The van der Waals surface area contributed by atoms with Crippen LogP contribution in [0.15, 0.2) is 41.7 Å². The van der Waals surface area contributed by atoms with Crippen molar-refractivity contribution in [1.82, 2.24) is 9.97 Å². The van der Waals surface area contributed by atoms with Crippen molar-refractivity contribution in [3.63, 3.8) is 0 Å². The third kappa shape index (κ3) is 2.71. The molecule has 0 unspecified atom stereocenters. The van der Waals surface area contributed by atoms with E-state index >= 15 is 0 Å². The number of para-hydroxylation sites is 2. The molecule has 0 aliphatic rings. The fourth-order valence-electron chi connectivity index (χ4n) is 1.53. The molecule has 0 amide bonds. The summed E-state index contributed by atoms with van der Waals surface area (Å²) >= 11 is 0. The molecular weight excluding hydrogens is 226 g/mol. The summed E-state index contributed by atoms with van der Waals surface area (Å²) in [6.45, 7) is 3.84. The van der Waals surface area contributed by atoms with E-state index in [-0.39, 0.29) is 0 Å². The van der Waals surface area contributed by atoms with Gasteiger partial charge >= 0.3 is 0 Å². The monoisotopic (exact) mass is 241 g/mol. The summed E-state index contributed by atoms with van der Waals surface area (Å²) in [5, 5.41) is 0. The summed E-state index contributed by atoms with van der Waals surface area (Å²) in [6.07, 6.45) is 3.56. The highest BCUT2D eigenvalue weighted by molar-refractivity contribution is 5.97. The molecule has 0 fully saturated rings. The first-order chi connectivity index (χ1) is 8.70. The summed E-state index contributed by atoms with van der Waals surface area (Å²) in [5.41, 5.74) is 2.57. The molecule has 18 heavy (non-hydrogen) atoms. The lowest BCUT2D eigenvalue weighted by Crippen LogP contribution is -2.02. The van der Waals surface area contributed by atoms with E-state index in [1.807, 2.05) is 38.1 Å². The van der Waals surface area contributed by atoms with Crippen LogP contribution in [0.5, 0.6) is 5.75 Å². The van der Waals surface area contributed by atoms with Gasteiger partial charge in [-0.1, -0.05) is 12.1 Å². The molecule has 1 aromatic heterocycles. The van der Waals surface area contributed by atoms with Gasteiger partial charge in [0.2, 0.25) is 0 Å². The number of aliphatic imine (C=N–C) groups is 1. The maximum Gasteiger partial charge on any atom is 0.173 e.